The van der Waals surface area contributed by atoms with Crippen LogP contribution in [0.5, 0.6) is 0 Å². The van der Waals surface area contributed by atoms with Gasteiger partial charge in [0.1, 0.15) is 11.5 Å². The summed E-state index contributed by atoms with van der Waals surface area (Å²) in [7, 11) is -3.54. The van der Waals surface area contributed by atoms with Gasteiger partial charge in [-0.05, 0) is 49.6 Å². The Bertz CT molecular complexity index is 1160. The molecule has 0 spiro atoms. The van der Waals surface area contributed by atoms with Crippen molar-refractivity contribution < 1.29 is 17.6 Å². The summed E-state index contributed by atoms with van der Waals surface area (Å²) in [5.74, 6) is 0.317. The second-order valence-corrected chi connectivity index (χ2v) is 9.90. The van der Waals surface area contributed by atoms with E-state index in [1.807, 2.05) is 0 Å². The zero-order valence-electron chi connectivity index (χ0n) is 17.2. The average molecular weight is 424 g/mol. The van der Waals surface area contributed by atoms with Gasteiger partial charge < -0.3 is 9.32 Å². The first-order valence-corrected chi connectivity index (χ1v) is 11.7. The summed E-state index contributed by atoms with van der Waals surface area (Å²) in [5.41, 5.74) is 3.15. The predicted octanol–water partition coefficient (Wildman–Crippen LogP) is 4.50. The number of carbonyl (C=O) groups is 1. The van der Waals surface area contributed by atoms with Crippen molar-refractivity contribution in [1.82, 2.24) is 4.90 Å². The molecule has 5 nitrogen and oxygen atoms in total. The lowest BCUT2D eigenvalue weighted by molar-refractivity contribution is 0.0757. The number of carbonyl (C=O) groups excluding carboxylic acids is 1. The first kappa shape index (κ1) is 20.4. The predicted molar refractivity (Wildman–Crippen MR) is 115 cm³/mol. The lowest BCUT2D eigenvalue weighted by Gasteiger charge is -2.15. The van der Waals surface area contributed by atoms with Gasteiger partial charge in [-0.15, -0.1) is 0 Å². The first-order chi connectivity index (χ1) is 14.3. The molecular formula is C24H25NO4S. The van der Waals surface area contributed by atoms with Crippen LogP contribution in [0.4, 0.5) is 0 Å². The topological polar surface area (TPSA) is 67.6 Å². The van der Waals surface area contributed by atoms with Crippen LogP contribution in [0.2, 0.25) is 0 Å². The molecule has 156 valence electrons. The smallest absolute Gasteiger partial charge is 0.289 e. The fraction of sp³-hybridized carbons (Fsp3) is 0.292. The summed E-state index contributed by atoms with van der Waals surface area (Å²) < 4.78 is 31.1. The normalized spacial score (nSPS) is 16.7. The van der Waals surface area contributed by atoms with E-state index < -0.39 is 9.84 Å². The zero-order valence-corrected chi connectivity index (χ0v) is 18.0. The summed E-state index contributed by atoms with van der Waals surface area (Å²) in [6.07, 6.45) is 0.907. The number of amides is 1. The zero-order chi connectivity index (χ0) is 21.3. The van der Waals surface area contributed by atoms with Crippen molar-refractivity contribution in [3.05, 3.63) is 88.9 Å². The molecule has 1 saturated heterocycles. The molecule has 0 N–H and O–H groups in total. The van der Waals surface area contributed by atoms with Crippen molar-refractivity contribution >= 4 is 15.7 Å². The third-order valence-electron chi connectivity index (χ3n) is 5.66. The van der Waals surface area contributed by atoms with E-state index in [0.29, 0.717) is 24.6 Å². The molecule has 2 heterocycles. The van der Waals surface area contributed by atoms with Crippen LogP contribution in [0.1, 0.15) is 45.3 Å². The van der Waals surface area contributed by atoms with Crippen LogP contribution in [-0.2, 0) is 15.6 Å². The highest BCUT2D eigenvalue weighted by Gasteiger charge is 2.30. The summed E-state index contributed by atoms with van der Waals surface area (Å²) >= 11 is 0. The Morgan fingerprint density at radius 2 is 1.77 bits per heavy atom. The van der Waals surface area contributed by atoms with E-state index in [4.69, 9.17) is 4.42 Å². The third-order valence-corrected chi connectivity index (χ3v) is 7.45. The van der Waals surface area contributed by atoms with Crippen molar-refractivity contribution in [2.75, 3.05) is 13.1 Å². The van der Waals surface area contributed by atoms with Gasteiger partial charge in [-0.25, -0.2) is 8.42 Å². The maximum atomic E-state index is 12.9. The fourth-order valence-electron chi connectivity index (χ4n) is 3.95. The number of hydrogen-bond acceptors (Lipinski definition) is 4. The molecule has 2 aromatic carbocycles. The van der Waals surface area contributed by atoms with Crippen molar-refractivity contribution in [2.45, 2.75) is 36.8 Å². The Morgan fingerprint density at radius 1 is 1.03 bits per heavy atom. The molecule has 0 aliphatic carbocycles. The van der Waals surface area contributed by atoms with Gasteiger partial charge >= 0.3 is 0 Å². The first-order valence-electron chi connectivity index (χ1n) is 10.1. The van der Waals surface area contributed by atoms with Crippen molar-refractivity contribution in [3.63, 3.8) is 0 Å². The lowest BCUT2D eigenvalue weighted by Crippen LogP contribution is -2.28. The van der Waals surface area contributed by atoms with E-state index in [2.05, 4.69) is 31.2 Å². The van der Waals surface area contributed by atoms with Gasteiger partial charge in [-0.3, -0.25) is 4.79 Å². The number of benzene rings is 2. The minimum absolute atomic E-state index is 0.189. The molecule has 4 rings (SSSR count). The SMILES string of the molecule is Cc1ccc(C2CCN(C(=O)c3ccc(CS(=O)(=O)c4ccccc4C)o3)C2)cc1. The maximum Gasteiger partial charge on any atom is 0.289 e. The number of sulfone groups is 1. The van der Waals surface area contributed by atoms with Crippen LogP contribution >= 0.6 is 0 Å². The highest BCUT2D eigenvalue weighted by atomic mass is 32.2. The van der Waals surface area contributed by atoms with Crippen molar-refractivity contribution in [3.8, 4) is 0 Å². The molecule has 1 aromatic heterocycles. The van der Waals surface area contributed by atoms with Gasteiger partial charge in [0.05, 0.1) is 4.90 Å². The third kappa shape index (κ3) is 4.19. The van der Waals surface area contributed by atoms with Gasteiger partial charge in [0.15, 0.2) is 15.6 Å². The molecule has 1 amide bonds. The average Bonchev–Trinajstić information content (AvgIpc) is 3.38. The molecule has 1 aliphatic heterocycles. The van der Waals surface area contributed by atoms with E-state index in [-0.39, 0.29) is 28.1 Å². The van der Waals surface area contributed by atoms with Crippen molar-refractivity contribution in [2.24, 2.45) is 0 Å². The maximum absolute atomic E-state index is 12.9. The minimum Gasteiger partial charge on any atom is -0.455 e. The fourth-order valence-corrected chi connectivity index (χ4v) is 5.48. The Hall–Kier alpha value is -2.86. The van der Waals surface area contributed by atoms with Crippen LogP contribution in [0, 0.1) is 13.8 Å². The van der Waals surface area contributed by atoms with E-state index in [1.54, 1.807) is 48.2 Å². The number of hydrogen-bond donors (Lipinski definition) is 0. The summed E-state index contributed by atoms with van der Waals surface area (Å²) in [6.45, 7) is 5.12. The molecule has 0 radical (unpaired) electrons. The molecule has 1 unspecified atom stereocenters. The number of nitrogens with zero attached hydrogens (tertiary/aromatic N) is 1. The molecular weight excluding hydrogens is 398 g/mol. The number of likely N-dealkylation sites (tertiary alicyclic amines) is 1. The largest absolute Gasteiger partial charge is 0.455 e. The van der Waals surface area contributed by atoms with E-state index in [9.17, 15) is 13.2 Å². The molecule has 1 aliphatic rings. The second kappa shape index (κ2) is 8.11. The van der Waals surface area contributed by atoms with E-state index >= 15 is 0 Å². The Labute approximate surface area is 177 Å². The van der Waals surface area contributed by atoms with Gasteiger partial charge in [0, 0.05) is 19.0 Å². The number of rotatable bonds is 5. The Kier molecular flexibility index (Phi) is 5.52. The standard InChI is InChI=1S/C24H25NO4S/c1-17-7-9-19(10-8-17)20-13-14-25(15-20)24(26)22-12-11-21(29-22)16-30(27,28)23-6-4-3-5-18(23)2/h3-12,20H,13-16H2,1-2H3. The Morgan fingerprint density at radius 3 is 2.50 bits per heavy atom. The second-order valence-electron chi connectivity index (χ2n) is 7.94. The highest BCUT2D eigenvalue weighted by Crippen LogP contribution is 2.29. The quantitative estimate of drug-likeness (QED) is 0.606. The molecule has 0 saturated carbocycles. The summed E-state index contributed by atoms with van der Waals surface area (Å²) in [5, 5.41) is 0. The summed E-state index contributed by atoms with van der Waals surface area (Å²) in [4.78, 5) is 14.9. The summed E-state index contributed by atoms with van der Waals surface area (Å²) in [6, 6.07) is 18.4. The van der Waals surface area contributed by atoms with Crippen LogP contribution < -0.4 is 0 Å². The van der Waals surface area contributed by atoms with Crippen LogP contribution in [0.3, 0.4) is 0 Å². The van der Waals surface area contributed by atoms with Gasteiger partial charge in [-0.1, -0.05) is 48.0 Å². The van der Waals surface area contributed by atoms with Crippen LogP contribution in [-0.4, -0.2) is 32.3 Å². The molecule has 1 atom stereocenters. The van der Waals surface area contributed by atoms with Crippen LogP contribution in [0.25, 0.3) is 0 Å². The van der Waals surface area contributed by atoms with Crippen LogP contribution in [0.15, 0.2) is 70.0 Å². The monoisotopic (exact) mass is 423 g/mol. The molecule has 30 heavy (non-hydrogen) atoms. The van der Waals surface area contributed by atoms with Gasteiger partial charge in [0.2, 0.25) is 0 Å². The van der Waals surface area contributed by atoms with E-state index in [1.165, 1.54) is 11.1 Å². The van der Waals surface area contributed by atoms with Crippen molar-refractivity contribution in [1.29, 1.82) is 0 Å². The molecule has 1 fully saturated rings. The molecule has 3 aromatic rings. The lowest BCUT2D eigenvalue weighted by atomic mass is 9.98. The highest BCUT2D eigenvalue weighted by molar-refractivity contribution is 7.90. The Balaban J connectivity index is 1.44. The van der Waals surface area contributed by atoms with Gasteiger partial charge in [0.25, 0.3) is 5.91 Å². The van der Waals surface area contributed by atoms with E-state index in [0.717, 1.165) is 6.42 Å². The molecule has 6 heteroatoms. The number of aryl methyl sites for hydroxylation is 2. The minimum atomic E-state index is -3.54. The van der Waals surface area contributed by atoms with Gasteiger partial charge in [-0.2, -0.15) is 0 Å². The number of furan rings is 1. The molecule has 0 bridgehead atoms.